The van der Waals surface area contributed by atoms with Gasteiger partial charge in [0, 0.05) is 0 Å². The van der Waals surface area contributed by atoms with Gasteiger partial charge in [-0.3, -0.25) is 4.79 Å². The number of nitrogens with one attached hydrogen (secondary N) is 1. The van der Waals surface area contributed by atoms with Crippen LogP contribution in [-0.2, 0) is 11.3 Å². The maximum atomic E-state index is 12.2. The molecule has 0 bridgehead atoms. The Morgan fingerprint density at radius 3 is 2.55 bits per heavy atom. The van der Waals surface area contributed by atoms with E-state index in [1.54, 1.807) is 7.11 Å². The lowest BCUT2D eigenvalue weighted by Crippen LogP contribution is -2.29. The molecule has 152 valence electrons. The van der Waals surface area contributed by atoms with Crippen molar-refractivity contribution in [3.63, 3.8) is 0 Å². The van der Waals surface area contributed by atoms with Crippen LogP contribution in [0.2, 0.25) is 0 Å². The highest BCUT2D eigenvalue weighted by Crippen LogP contribution is 2.25. The SMILES string of the molecule is COc1ccccc1OCCNC(=O)CSc1nnc(C)n1Cc1ccccc1. The van der Waals surface area contributed by atoms with Gasteiger partial charge < -0.3 is 19.4 Å². The van der Waals surface area contributed by atoms with E-state index in [2.05, 4.69) is 27.6 Å². The first kappa shape index (κ1) is 20.7. The lowest BCUT2D eigenvalue weighted by atomic mass is 10.2. The van der Waals surface area contributed by atoms with E-state index in [4.69, 9.17) is 9.47 Å². The number of methoxy groups -OCH3 is 1. The number of carbonyl (C=O) groups excluding carboxylic acids is 1. The second-order valence-electron chi connectivity index (χ2n) is 6.24. The highest BCUT2D eigenvalue weighted by molar-refractivity contribution is 7.99. The number of benzene rings is 2. The Bertz CT molecular complexity index is 931. The maximum Gasteiger partial charge on any atom is 0.230 e. The van der Waals surface area contributed by atoms with Gasteiger partial charge in [-0.05, 0) is 24.6 Å². The summed E-state index contributed by atoms with van der Waals surface area (Å²) in [5.41, 5.74) is 1.16. The molecular formula is C21H24N4O3S. The fraction of sp³-hybridized carbons (Fsp3) is 0.286. The number of para-hydroxylation sites is 2. The van der Waals surface area contributed by atoms with Crippen LogP contribution in [0.15, 0.2) is 59.8 Å². The van der Waals surface area contributed by atoms with E-state index in [9.17, 15) is 4.79 Å². The van der Waals surface area contributed by atoms with Gasteiger partial charge in [0.15, 0.2) is 16.7 Å². The minimum absolute atomic E-state index is 0.0782. The van der Waals surface area contributed by atoms with Gasteiger partial charge in [-0.25, -0.2) is 0 Å². The van der Waals surface area contributed by atoms with E-state index in [1.165, 1.54) is 11.8 Å². The van der Waals surface area contributed by atoms with Crippen molar-refractivity contribution >= 4 is 17.7 Å². The van der Waals surface area contributed by atoms with Crippen molar-refractivity contribution in [3.05, 3.63) is 66.0 Å². The fourth-order valence-corrected chi connectivity index (χ4v) is 3.50. The zero-order chi connectivity index (χ0) is 20.5. The van der Waals surface area contributed by atoms with Gasteiger partial charge in [0.1, 0.15) is 12.4 Å². The van der Waals surface area contributed by atoms with Crippen molar-refractivity contribution in [2.75, 3.05) is 26.0 Å². The first-order chi connectivity index (χ1) is 14.2. The number of thioether (sulfide) groups is 1. The molecule has 1 aromatic heterocycles. The third-order valence-electron chi connectivity index (χ3n) is 4.17. The van der Waals surface area contributed by atoms with Crippen molar-refractivity contribution in [1.82, 2.24) is 20.1 Å². The number of ether oxygens (including phenoxy) is 2. The molecule has 1 N–H and O–H groups in total. The quantitative estimate of drug-likeness (QED) is 0.408. The summed E-state index contributed by atoms with van der Waals surface area (Å²) in [6, 6.07) is 17.5. The van der Waals surface area contributed by atoms with E-state index < -0.39 is 0 Å². The summed E-state index contributed by atoms with van der Waals surface area (Å²) >= 11 is 1.37. The molecule has 0 atom stereocenters. The number of aromatic nitrogens is 3. The summed E-state index contributed by atoms with van der Waals surface area (Å²) in [6.45, 7) is 3.36. The molecule has 0 saturated heterocycles. The molecule has 0 fully saturated rings. The zero-order valence-electron chi connectivity index (χ0n) is 16.5. The second kappa shape index (κ2) is 10.5. The predicted octanol–water partition coefficient (Wildman–Crippen LogP) is 2.93. The van der Waals surface area contributed by atoms with Gasteiger partial charge in [0.25, 0.3) is 0 Å². The Kier molecular flexibility index (Phi) is 7.52. The second-order valence-corrected chi connectivity index (χ2v) is 7.18. The summed E-state index contributed by atoms with van der Waals surface area (Å²) in [5.74, 6) is 2.33. The lowest BCUT2D eigenvalue weighted by molar-refractivity contribution is -0.118. The minimum atomic E-state index is -0.0782. The molecule has 2 aromatic carbocycles. The van der Waals surface area contributed by atoms with E-state index in [-0.39, 0.29) is 11.7 Å². The highest BCUT2D eigenvalue weighted by Gasteiger charge is 2.12. The van der Waals surface area contributed by atoms with Gasteiger partial charge in [-0.15, -0.1) is 10.2 Å². The summed E-state index contributed by atoms with van der Waals surface area (Å²) in [6.07, 6.45) is 0. The Balaban J connectivity index is 1.44. The molecule has 3 rings (SSSR count). The number of carbonyl (C=O) groups is 1. The number of nitrogens with zero attached hydrogens (tertiary/aromatic N) is 3. The van der Waals surface area contributed by atoms with Crippen LogP contribution in [0.5, 0.6) is 11.5 Å². The normalized spacial score (nSPS) is 10.6. The van der Waals surface area contributed by atoms with Crippen LogP contribution in [0.25, 0.3) is 0 Å². The summed E-state index contributed by atoms with van der Waals surface area (Å²) in [5, 5.41) is 11.9. The molecule has 7 nitrogen and oxygen atoms in total. The smallest absolute Gasteiger partial charge is 0.230 e. The average molecular weight is 413 g/mol. The van der Waals surface area contributed by atoms with E-state index in [0.29, 0.717) is 31.2 Å². The molecule has 29 heavy (non-hydrogen) atoms. The molecule has 0 radical (unpaired) electrons. The van der Waals surface area contributed by atoms with E-state index in [1.807, 2.05) is 54.0 Å². The first-order valence-corrected chi connectivity index (χ1v) is 10.2. The van der Waals surface area contributed by atoms with Gasteiger partial charge >= 0.3 is 0 Å². The standard InChI is InChI=1S/C21H24N4O3S/c1-16-23-24-21(25(16)14-17-8-4-3-5-9-17)29-15-20(26)22-12-13-28-19-11-7-6-10-18(19)27-2/h3-11H,12-15H2,1-2H3,(H,22,26). The average Bonchev–Trinajstić information content (AvgIpc) is 3.10. The van der Waals surface area contributed by atoms with Crippen LogP contribution >= 0.6 is 11.8 Å². The number of amides is 1. The van der Waals surface area contributed by atoms with Crippen molar-refractivity contribution in [2.24, 2.45) is 0 Å². The molecule has 0 saturated carbocycles. The Morgan fingerprint density at radius 1 is 1.07 bits per heavy atom. The first-order valence-electron chi connectivity index (χ1n) is 9.26. The van der Waals surface area contributed by atoms with Gasteiger partial charge in [-0.1, -0.05) is 54.2 Å². The van der Waals surface area contributed by atoms with Crippen LogP contribution in [-0.4, -0.2) is 46.7 Å². The number of rotatable bonds is 10. The Labute approximate surface area is 174 Å². The topological polar surface area (TPSA) is 78.3 Å². The van der Waals surface area contributed by atoms with Gasteiger partial charge in [0.05, 0.1) is 26.0 Å². The third kappa shape index (κ3) is 5.99. The molecule has 0 unspecified atom stereocenters. The molecule has 0 aliphatic rings. The van der Waals surface area contributed by atoms with Crippen LogP contribution in [0.4, 0.5) is 0 Å². The van der Waals surface area contributed by atoms with Crippen molar-refractivity contribution in [3.8, 4) is 11.5 Å². The summed E-state index contributed by atoms with van der Waals surface area (Å²) < 4.78 is 12.9. The molecular weight excluding hydrogens is 388 g/mol. The van der Waals surface area contributed by atoms with Gasteiger partial charge in [-0.2, -0.15) is 0 Å². The van der Waals surface area contributed by atoms with Crippen LogP contribution in [0.1, 0.15) is 11.4 Å². The monoisotopic (exact) mass is 412 g/mol. The molecule has 8 heteroatoms. The summed E-state index contributed by atoms with van der Waals surface area (Å²) in [7, 11) is 1.60. The molecule has 3 aromatic rings. The molecule has 0 spiro atoms. The predicted molar refractivity (Wildman–Crippen MR) is 113 cm³/mol. The van der Waals surface area contributed by atoms with Crippen LogP contribution in [0, 0.1) is 6.92 Å². The van der Waals surface area contributed by atoms with Crippen molar-refractivity contribution < 1.29 is 14.3 Å². The molecule has 1 heterocycles. The highest BCUT2D eigenvalue weighted by atomic mass is 32.2. The minimum Gasteiger partial charge on any atom is -0.493 e. The molecule has 0 aliphatic carbocycles. The fourth-order valence-electron chi connectivity index (χ4n) is 2.69. The van der Waals surface area contributed by atoms with Crippen molar-refractivity contribution in [2.45, 2.75) is 18.6 Å². The van der Waals surface area contributed by atoms with Gasteiger partial charge in [0.2, 0.25) is 5.91 Å². The van der Waals surface area contributed by atoms with Crippen LogP contribution in [0.3, 0.4) is 0 Å². The molecule has 1 amide bonds. The Morgan fingerprint density at radius 2 is 1.79 bits per heavy atom. The third-order valence-corrected chi connectivity index (χ3v) is 5.14. The zero-order valence-corrected chi connectivity index (χ0v) is 17.3. The number of hydrogen-bond donors (Lipinski definition) is 1. The van der Waals surface area contributed by atoms with Crippen LogP contribution < -0.4 is 14.8 Å². The van der Waals surface area contributed by atoms with E-state index in [0.717, 1.165) is 16.5 Å². The number of aryl methyl sites for hydroxylation is 1. The molecule has 0 aliphatic heterocycles. The largest absolute Gasteiger partial charge is 0.493 e. The Hall–Kier alpha value is -3.00. The summed E-state index contributed by atoms with van der Waals surface area (Å²) in [4.78, 5) is 12.2. The van der Waals surface area contributed by atoms with Crippen molar-refractivity contribution in [1.29, 1.82) is 0 Å². The lowest BCUT2D eigenvalue weighted by Gasteiger charge is -2.11. The number of hydrogen-bond acceptors (Lipinski definition) is 6. The maximum absolute atomic E-state index is 12.2. The van der Waals surface area contributed by atoms with E-state index >= 15 is 0 Å².